The molecule has 0 saturated heterocycles. The van der Waals surface area contributed by atoms with Gasteiger partial charge in [-0.25, -0.2) is 4.98 Å². The standard InChI is InChI=1S/C15H20N2S/c1-10-5-11(2)14(12(3)6-10)7-16-8-15-17-13(4)9-18-15/h5-6,9,16H,7-8H2,1-4H3. The maximum absolute atomic E-state index is 4.46. The highest BCUT2D eigenvalue weighted by molar-refractivity contribution is 7.09. The monoisotopic (exact) mass is 260 g/mol. The van der Waals surface area contributed by atoms with Crippen LogP contribution in [-0.2, 0) is 13.1 Å². The quantitative estimate of drug-likeness (QED) is 0.907. The summed E-state index contributed by atoms with van der Waals surface area (Å²) in [5, 5.41) is 6.74. The average molecular weight is 260 g/mol. The van der Waals surface area contributed by atoms with Crippen LogP contribution in [0.5, 0.6) is 0 Å². The maximum Gasteiger partial charge on any atom is 0.107 e. The van der Waals surface area contributed by atoms with E-state index in [1.54, 1.807) is 11.3 Å². The summed E-state index contributed by atoms with van der Waals surface area (Å²) < 4.78 is 0. The van der Waals surface area contributed by atoms with Crippen molar-refractivity contribution in [1.82, 2.24) is 10.3 Å². The van der Waals surface area contributed by atoms with Gasteiger partial charge in [-0.2, -0.15) is 0 Å². The van der Waals surface area contributed by atoms with Crippen molar-refractivity contribution in [2.45, 2.75) is 40.8 Å². The van der Waals surface area contributed by atoms with Gasteiger partial charge in [0.1, 0.15) is 5.01 Å². The molecule has 1 aromatic heterocycles. The minimum absolute atomic E-state index is 0.852. The van der Waals surface area contributed by atoms with Gasteiger partial charge in [0.15, 0.2) is 0 Å². The molecule has 0 amide bonds. The second-order valence-corrected chi connectivity index (χ2v) is 5.81. The number of aryl methyl sites for hydroxylation is 4. The molecule has 0 spiro atoms. The van der Waals surface area contributed by atoms with Gasteiger partial charge in [-0.1, -0.05) is 17.7 Å². The van der Waals surface area contributed by atoms with E-state index in [4.69, 9.17) is 0 Å². The highest BCUT2D eigenvalue weighted by Gasteiger charge is 2.04. The highest BCUT2D eigenvalue weighted by atomic mass is 32.1. The summed E-state index contributed by atoms with van der Waals surface area (Å²) in [6.45, 7) is 10.3. The van der Waals surface area contributed by atoms with E-state index in [-0.39, 0.29) is 0 Å². The van der Waals surface area contributed by atoms with Crippen LogP contribution in [0.1, 0.15) is 33.0 Å². The molecule has 1 heterocycles. The van der Waals surface area contributed by atoms with E-state index < -0.39 is 0 Å². The molecule has 0 aliphatic heterocycles. The lowest BCUT2D eigenvalue weighted by molar-refractivity contribution is 0.683. The van der Waals surface area contributed by atoms with Crippen LogP contribution in [-0.4, -0.2) is 4.98 Å². The second-order valence-electron chi connectivity index (χ2n) is 4.86. The number of hydrogen-bond donors (Lipinski definition) is 1. The van der Waals surface area contributed by atoms with Crippen LogP contribution in [0.3, 0.4) is 0 Å². The summed E-state index contributed by atoms with van der Waals surface area (Å²) in [6, 6.07) is 4.50. The molecule has 0 atom stereocenters. The predicted octanol–water partition coefficient (Wildman–Crippen LogP) is 3.67. The molecule has 0 aliphatic rings. The molecular weight excluding hydrogens is 240 g/mol. The molecule has 0 saturated carbocycles. The Kier molecular flexibility index (Phi) is 4.15. The molecule has 3 heteroatoms. The van der Waals surface area contributed by atoms with Crippen LogP contribution >= 0.6 is 11.3 Å². The molecule has 2 nitrogen and oxygen atoms in total. The second kappa shape index (κ2) is 5.63. The molecule has 0 aliphatic carbocycles. The van der Waals surface area contributed by atoms with Crippen LogP contribution in [0.15, 0.2) is 17.5 Å². The van der Waals surface area contributed by atoms with Gasteiger partial charge in [-0.15, -0.1) is 11.3 Å². The number of aromatic nitrogens is 1. The van der Waals surface area contributed by atoms with E-state index in [2.05, 4.69) is 48.6 Å². The molecule has 0 fully saturated rings. The van der Waals surface area contributed by atoms with Crippen molar-refractivity contribution in [2.24, 2.45) is 0 Å². The van der Waals surface area contributed by atoms with Crippen molar-refractivity contribution in [3.05, 3.63) is 50.5 Å². The Morgan fingerprint density at radius 2 is 1.72 bits per heavy atom. The van der Waals surface area contributed by atoms with Gasteiger partial charge >= 0.3 is 0 Å². The van der Waals surface area contributed by atoms with Gasteiger partial charge in [0.05, 0.1) is 0 Å². The first kappa shape index (κ1) is 13.2. The van der Waals surface area contributed by atoms with E-state index in [1.165, 1.54) is 22.3 Å². The van der Waals surface area contributed by atoms with Crippen LogP contribution in [0.4, 0.5) is 0 Å². The fraction of sp³-hybridized carbons (Fsp3) is 0.400. The largest absolute Gasteiger partial charge is 0.306 e. The lowest BCUT2D eigenvalue weighted by Gasteiger charge is -2.11. The Balaban J connectivity index is 1.98. The molecule has 0 bridgehead atoms. The van der Waals surface area contributed by atoms with Crippen molar-refractivity contribution in [2.75, 3.05) is 0 Å². The van der Waals surface area contributed by atoms with E-state index in [9.17, 15) is 0 Å². The zero-order chi connectivity index (χ0) is 13.1. The third kappa shape index (κ3) is 3.18. The zero-order valence-electron chi connectivity index (χ0n) is 11.5. The Morgan fingerprint density at radius 1 is 1.06 bits per heavy atom. The SMILES string of the molecule is Cc1cc(C)c(CNCc2nc(C)cs2)c(C)c1. The fourth-order valence-electron chi connectivity index (χ4n) is 2.27. The van der Waals surface area contributed by atoms with E-state index in [0.717, 1.165) is 23.8 Å². The van der Waals surface area contributed by atoms with Crippen molar-refractivity contribution >= 4 is 11.3 Å². The van der Waals surface area contributed by atoms with Crippen molar-refractivity contribution in [1.29, 1.82) is 0 Å². The lowest BCUT2D eigenvalue weighted by Crippen LogP contribution is -2.14. The Labute approximate surface area is 113 Å². The first-order chi connectivity index (χ1) is 8.56. The molecule has 1 aromatic carbocycles. The minimum Gasteiger partial charge on any atom is -0.306 e. The number of hydrogen-bond acceptors (Lipinski definition) is 3. The van der Waals surface area contributed by atoms with Gasteiger partial charge in [0, 0.05) is 24.2 Å². The number of nitrogens with zero attached hydrogens (tertiary/aromatic N) is 1. The first-order valence-corrected chi connectivity index (χ1v) is 7.12. The molecular formula is C15H20N2S. The number of benzene rings is 1. The van der Waals surface area contributed by atoms with E-state index >= 15 is 0 Å². The van der Waals surface area contributed by atoms with Crippen molar-refractivity contribution < 1.29 is 0 Å². The van der Waals surface area contributed by atoms with Crippen molar-refractivity contribution in [3.63, 3.8) is 0 Å². The van der Waals surface area contributed by atoms with Crippen LogP contribution < -0.4 is 5.32 Å². The molecule has 2 aromatic rings. The maximum atomic E-state index is 4.46. The molecule has 2 rings (SSSR count). The summed E-state index contributed by atoms with van der Waals surface area (Å²) in [6.07, 6.45) is 0. The van der Waals surface area contributed by atoms with E-state index in [0.29, 0.717) is 0 Å². The van der Waals surface area contributed by atoms with E-state index in [1.807, 2.05) is 6.92 Å². The number of nitrogens with one attached hydrogen (secondary N) is 1. The lowest BCUT2D eigenvalue weighted by atomic mass is 10.00. The fourth-order valence-corrected chi connectivity index (χ4v) is 3.01. The normalized spacial score (nSPS) is 10.9. The molecule has 0 radical (unpaired) electrons. The Bertz CT molecular complexity index is 520. The molecule has 96 valence electrons. The smallest absolute Gasteiger partial charge is 0.107 e. The molecule has 18 heavy (non-hydrogen) atoms. The summed E-state index contributed by atoms with van der Waals surface area (Å²) in [7, 11) is 0. The van der Waals surface area contributed by atoms with Crippen LogP contribution in [0.25, 0.3) is 0 Å². The third-order valence-corrected chi connectivity index (χ3v) is 4.05. The summed E-state index contributed by atoms with van der Waals surface area (Å²) in [5.41, 5.74) is 6.60. The number of thiazole rings is 1. The average Bonchev–Trinajstić information content (AvgIpc) is 2.68. The van der Waals surface area contributed by atoms with Gasteiger partial charge in [0.2, 0.25) is 0 Å². The predicted molar refractivity (Wildman–Crippen MR) is 78.0 cm³/mol. The van der Waals surface area contributed by atoms with Gasteiger partial charge in [-0.3, -0.25) is 0 Å². The molecule has 0 unspecified atom stereocenters. The first-order valence-electron chi connectivity index (χ1n) is 6.24. The van der Waals surface area contributed by atoms with Gasteiger partial charge in [-0.05, 0) is 44.4 Å². The summed E-state index contributed by atoms with van der Waals surface area (Å²) in [4.78, 5) is 4.46. The molecule has 1 N–H and O–H groups in total. The Hall–Kier alpha value is -1.19. The van der Waals surface area contributed by atoms with Gasteiger partial charge in [0.25, 0.3) is 0 Å². The van der Waals surface area contributed by atoms with Crippen LogP contribution in [0, 0.1) is 27.7 Å². The summed E-state index contributed by atoms with van der Waals surface area (Å²) >= 11 is 1.72. The minimum atomic E-state index is 0.852. The Morgan fingerprint density at radius 3 is 2.28 bits per heavy atom. The highest BCUT2D eigenvalue weighted by Crippen LogP contribution is 2.16. The topological polar surface area (TPSA) is 24.9 Å². The third-order valence-electron chi connectivity index (χ3n) is 3.08. The zero-order valence-corrected chi connectivity index (χ0v) is 12.3. The number of rotatable bonds is 4. The van der Waals surface area contributed by atoms with Crippen molar-refractivity contribution in [3.8, 4) is 0 Å². The summed E-state index contributed by atoms with van der Waals surface area (Å²) in [5.74, 6) is 0. The van der Waals surface area contributed by atoms with Crippen LogP contribution in [0.2, 0.25) is 0 Å². The van der Waals surface area contributed by atoms with Gasteiger partial charge < -0.3 is 5.32 Å².